The summed E-state index contributed by atoms with van der Waals surface area (Å²) in [6.45, 7) is 17.3. The number of nitrogens with zero attached hydrogens (tertiary/aromatic N) is 3. The first-order valence-electron chi connectivity index (χ1n) is 9.64. The number of rotatable bonds is 5. The lowest BCUT2D eigenvalue weighted by atomic mass is 10.0. The van der Waals surface area contributed by atoms with Crippen molar-refractivity contribution in [2.45, 2.75) is 32.9 Å². The van der Waals surface area contributed by atoms with Crippen LogP contribution in [0, 0.1) is 6.92 Å². The molecule has 0 saturated carbocycles. The summed E-state index contributed by atoms with van der Waals surface area (Å²) in [7, 11) is 0. The fourth-order valence-electron chi connectivity index (χ4n) is 4.00. The lowest BCUT2D eigenvalue weighted by Gasteiger charge is -2.42. The van der Waals surface area contributed by atoms with Crippen LogP contribution in [0.2, 0.25) is 0 Å². The highest BCUT2D eigenvalue weighted by atomic mass is 15.3. The summed E-state index contributed by atoms with van der Waals surface area (Å²) in [5, 5.41) is 3.58. The van der Waals surface area contributed by atoms with Crippen LogP contribution in [0.4, 0.5) is 0 Å². The molecule has 2 aliphatic rings. The van der Waals surface area contributed by atoms with E-state index in [1.54, 1.807) is 0 Å². The zero-order valence-corrected chi connectivity index (χ0v) is 15.7. The Morgan fingerprint density at radius 3 is 2.33 bits per heavy atom. The molecule has 0 aromatic heterocycles. The van der Waals surface area contributed by atoms with Crippen molar-refractivity contribution in [3.8, 4) is 0 Å². The van der Waals surface area contributed by atoms with Gasteiger partial charge in [-0.3, -0.25) is 9.80 Å². The number of hydrogen-bond donors (Lipinski definition) is 1. The van der Waals surface area contributed by atoms with E-state index in [0.29, 0.717) is 12.1 Å². The van der Waals surface area contributed by atoms with Gasteiger partial charge in [0, 0.05) is 64.4 Å². The maximum absolute atomic E-state index is 3.58. The Morgan fingerprint density at radius 1 is 1.04 bits per heavy atom. The highest BCUT2D eigenvalue weighted by Crippen LogP contribution is 2.24. The van der Waals surface area contributed by atoms with E-state index < -0.39 is 0 Å². The van der Waals surface area contributed by atoms with Crippen LogP contribution in [0.1, 0.15) is 31.0 Å². The first-order chi connectivity index (χ1) is 11.7. The monoisotopic (exact) mass is 330 g/mol. The Kier molecular flexibility index (Phi) is 6.28. The van der Waals surface area contributed by atoms with Crippen LogP contribution in [-0.4, -0.2) is 79.6 Å². The molecule has 134 valence electrons. The molecule has 2 fully saturated rings. The lowest BCUT2D eigenvalue weighted by Crippen LogP contribution is -2.54. The van der Waals surface area contributed by atoms with E-state index in [0.717, 1.165) is 26.2 Å². The minimum absolute atomic E-state index is 0.517. The molecule has 0 spiro atoms. The summed E-state index contributed by atoms with van der Waals surface area (Å²) in [5.41, 5.74) is 2.83. The Bertz CT molecular complexity index is 493. The number of aryl methyl sites for hydroxylation is 1. The van der Waals surface area contributed by atoms with Crippen molar-refractivity contribution in [3.63, 3.8) is 0 Å². The maximum Gasteiger partial charge on any atom is 0.0476 e. The Morgan fingerprint density at radius 2 is 1.71 bits per heavy atom. The molecule has 3 rings (SSSR count). The maximum atomic E-state index is 3.58. The molecule has 2 heterocycles. The molecule has 0 aliphatic carbocycles. The van der Waals surface area contributed by atoms with Crippen LogP contribution in [0.5, 0.6) is 0 Å². The molecular weight excluding hydrogens is 296 g/mol. The summed E-state index contributed by atoms with van der Waals surface area (Å²) >= 11 is 0. The van der Waals surface area contributed by atoms with Gasteiger partial charge >= 0.3 is 0 Å². The third-order valence-corrected chi connectivity index (χ3v) is 5.65. The summed E-state index contributed by atoms with van der Waals surface area (Å²) in [4.78, 5) is 7.92. The van der Waals surface area contributed by atoms with Crippen molar-refractivity contribution in [2.75, 3.05) is 58.9 Å². The van der Waals surface area contributed by atoms with E-state index in [4.69, 9.17) is 0 Å². The second-order valence-corrected chi connectivity index (χ2v) is 7.51. The van der Waals surface area contributed by atoms with E-state index in [1.807, 2.05) is 0 Å². The van der Waals surface area contributed by atoms with Crippen molar-refractivity contribution in [1.29, 1.82) is 0 Å². The lowest BCUT2D eigenvalue weighted by molar-refractivity contribution is 0.0781. The smallest absolute Gasteiger partial charge is 0.0476 e. The van der Waals surface area contributed by atoms with Crippen molar-refractivity contribution < 1.29 is 0 Å². The highest BCUT2D eigenvalue weighted by molar-refractivity contribution is 5.25. The van der Waals surface area contributed by atoms with Crippen LogP contribution < -0.4 is 5.32 Å². The van der Waals surface area contributed by atoms with Gasteiger partial charge in [0.15, 0.2) is 0 Å². The van der Waals surface area contributed by atoms with E-state index >= 15 is 0 Å². The van der Waals surface area contributed by atoms with Gasteiger partial charge in [0.2, 0.25) is 0 Å². The second kappa shape index (κ2) is 8.43. The van der Waals surface area contributed by atoms with Crippen LogP contribution in [0.25, 0.3) is 0 Å². The van der Waals surface area contributed by atoms with Crippen molar-refractivity contribution in [2.24, 2.45) is 0 Å². The quantitative estimate of drug-likeness (QED) is 0.891. The average Bonchev–Trinajstić information content (AvgIpc) is 2.61. The molecule has 4 nitrogen and oxygen atoms in total. The average molecular weight is 331 g/mol. The first-order valence-corrected chi connectivity index (χ1v) is 9.64. The molecule has 0 bridgehead atoms. The molecule has 2 atom stereocenters. The zero-order valence-electron chi connectivity index (χ0n) is 15.7. The Labute approximate surface area is 147 Å². The standard InChI is InChI=1S/C20H34N4/c1-4-22-11-13-23(14-12-22)16-20(19-7-5-17(2)6-8-19)24-10-9-21-18(3)15-24/h5-8,18,20-21H,4,9-16H2,1-3H3. The molecule has 1 aromatic carbocycles. The van der Waals surface area contributed by atoms with Crippen molar-refractivity contribution in [1.82, 2.24) is 20.0 Å². The van der Waals surface area contributed by atoms with Crippen LogP contribution in [0.3, 0.4) is 0 Å². The normalized spacial score (nSPS) is 25.7. The summed E-state index contributed by atoms with van der Waals surface area (Å²) in [6, 6.07) is 10.3. The third-order valence-electron chi connectivity index (χ3n) is 5.65. The fraction of sp³-hybridized carbons (Fsp3) is 0.700. The minimum Gasteiger partial charge on any atom is -0.312 e. The molecule has 2 unspecified atom stereocenters. The summed E-state index contributed by atoms with van der Waals surface area (Å²) in [6.07, 6.45) is 0. The fourth-order valence-corrected chi connectivity index (χ4v) is 4.00. The van der Waals surface area contributed by atoms with Gasteiger partial charge in [-0.2, -0.15) is 0 Å². The summed E-state index contributed by atoms with van der Waals surface area (Å²) < 4.78 is 0. The van der Waals surface area contributed by atoms with Gasteiger partial charge in [-0.15, -0.1) is 0 Å². The van der Waals surface area contributed by atoms with Crippen molar-refractivity contribution >= 4 is 0 Å². The zero-order chi connectivity index (χ0) is 16.9. The predicted molar refractivity (Wildman–Crippen MR) is 102 cm³/mol. The van der Waals surface area contributed by atoms with Gasteiger partial charge in [0.25, 0.3) is 0 Å². The number of piperazine rings is 2. The summed E-state index contributed by atoms with van der Waals surface area (Å²) in [5.74, 6) is 0. The molecule has 0 radical (unpaired) electrons. The topological polar surface area (TPSA) is 21.8 Å². The van der Waals surface area contributed by atoms with Gasteiger partial charge in [0.05, 0.1) is 0 Å². The third kappa shape index (κ3) is 4.57. The molecule has 1 aromatic rings. The SMILES string of the molecule is CCN1CCN(CC(c2ccc(C)cc2)N2CCNC(C)C2)CC1. The van der Waals surface area contributed by atoms with Gasteiger partial charge in [-0.1, -0.05) is 36.8 Å². The molecule has 2 saturated heterocycles. The molecule has 1 N–H and O–H groups in total. The number of likely N-dealkylation sites (N-methyl/N-ethyl adjacent to an activating group) is 1. The highest BCUT2D eigenvalue weighted by Gasteiger charge is 2.27. The predicted octanol–water partition coefficient (Wildman–Crippen LogP) is 1.97. The van der Waals surface area contributed by atoms with E-state index in [1.165, 1.54) is 43.9 Å². The molecule has 4 heteroatoms. The van der Waals surface area contributed by atoms with Crippen LogP contribution in [-0.2, 0) is 0 Å². The van der Waals surface area contributed by atoms with Gasteiger partial charge in [-0.05, 0) is 26.0 Å². The number of hydrogen-bond acceptors (Lipinski definition) is 4. The van der Waals surface area contributed by atoms with Crippen LogP contribution in [0.15, 0.2) is 24.3 Å². The molecule has 24 heavy (non-hydrogen) atoms. The largest absolute Gasteiger partial charge is 0.312 e. The second-order valence-electron chi connectivity index (χ2n) is 7.51. The molecule has 2 aliphatic heterocycles. The van der Waals surface area contributed by atoms with E-state index in [-0.39, 0.29) is 0 Å². The Hall–Kier alpha value is -0.940. The van der Waals surface area contributed by atoms with Crippen molar-refractivity contribution in [3.05, 3.63) is 35.4 Å². The van der Waals surface area contributed by atoms with E-state index in [2.05, 4.69) is 65.1 Å². The van der Waals surface area contributed by atoms with E-state index in [9.17, 15) is 0 Å². The van der Waals surface area contributed by atoms with Gasteiger partial charge < -0.3 is 10.2 Å². The number of benzene rings is 1. The molecular formula is C20H34N4. The first kappa shape index (κ1) is 17.9. The van der Waals surface area contributed by atoms with Gasteiger partial charge in [-0.25, -0.2) is 0 Å². The Balaban J connectivity index is 1.71. The molecule has 0 amide bonds. The van der Waals surface area contributed by atoms with Crippen LogP contribution >= 0.6 is 0 Å². The van der Waals surface area contributed by atoms with Gasteiger partial charge in [0.1, 0.15) is 0 Å². The number of nitrogens with one attached hydrogen (secondary N) is 1. The minimum atomic E-state index is 0.517.